The van der Waals surface area contributed by atoms with E-state index >= 15 is 0 Å². The van der Waals surface area contributed by atoms with Gasteiger partial charge in [0.1, 0.15) is 0 Å². The summed E-state index contributed by atoms with van der Waals surface area (Å²) in [4.78, 5) is 61.2. The molecule has 14 nitrogen and oxygen atoms in total. The minimum atomic E-state index is -4.78. The molecule has 3 aliphatic rings. The molecule has 0 spiro atoms. The molecule has 0 aromatic heterocycles. The molecule has 36 heavy (non-hydrogen) atoms. The summed E-state index contributed by atoms with van der Waals surface area (Å²) in [6.07, 6.45) is 1.78. The smallest absolute Gasteiger partial charge is 0.347 e. The standard InChI is InChI=1S/C21H35N5O9S/c27-18-14-17(36(32,33)34)21(31)26(18)35-20(30)16-25-9-3-7-22-4-1-5-23(11-13-25)6-2-8-24(12-10-22)15-19(28)29/h17H,1-16H2,(H,28,29)(H,32,33,34). The van der Waals surface area contributed by atoms with E-state index in [4.69, 9.17) is 9.39 Å². The van der Waals surface area contributed by atoms with Crippen LogP contribution in [-0.4, -0.2) is 150 Å². The maximum atomic E-state index is 12.5. The van der Waals surface area contributed by atoms with Crippen LogP contribution in [-0.2, 0) is 34.1 Å². The van der Waals surface area contributed by atoms with Gasteiger partial charge in [-0.15, -0.1) is 5.06 Å². The fraction of sp³-hybridized carbons (Fsp3) is 0.810. The van der Waals surface area contributed by atoms with Gasteiger partial charge in [0.2, 0.25) is 0 Å². The average molecular weight is 534 g/mol. The van der Waals surface area contributed by atoms with Crippen LogP contribution in [0.25, 0.3) is 0 Å². The van der Waals surface area contributed by atoms with Crippen LogP contribution in [0.4, 0.5) is 0 Å². The number of aliphatic carboxylic acids is 1. The second-order valence-corrected chi connectivity index (χ2v) is 11.0. The van der Waals surface area contributed by atoms with Crippen molar-refractivity contribution in [2.45, 2.75) is 30.9 Å². The third-order valence-electron chi connectivity index (χ3n) is 6.64. The van der Waals surface area contributed by atoms with Gasteiger partial charge < -0.3 is 19.7 Å². The molecule has 3 atom stereocenters. The highest BCUT2D eigenvalue weighted by atomic mass is 32.2. The number of carboxylic acids is 1. The minimum absolute atomic E-state index is 0.0245. The van der Waals surface area contributed by atoms with Gasteiger partial charge in [-0.3, -0.25) is 28.7 Å². The number of nitrogens with zero attached hydrogens (tertiary/aromatic N) is 5. The lowest BCUT2D eigenvalue weighted by Crippen LogP contribution is -2.43. The first-order valence-corrected chi connectivity index (χ1v) is 13.7. The topological polar surface area (TPSA) is 168 Å². The predicted octanol–water partition coefficient (Wildman–Crippen LogP) is -2.05. The maximum Gasteiger partial charge on any atom is 0.347 e. The molecule has 0 saturated carbocycles. The molecule has 2 bridgehead atoms. The van der Waals surface area contributed by atoms with E-state index in [1.165, 1.54) is 0 Å². The van der Waals surface area contributed by atoms with Gasteiger partial charge in [0.15, 0.2) is 5.25 Å². The zero-order chi connectivity index (χ0) is 26.3. The van der Waals surface area contributed by atoms with E-state index in [0.29, 0.717) is 32.7 Å². The Kier molecular flexibility index (Phi) is 10.2. The van der Waals surface area contributed by atoms with Gasteiger partial charge in [0.25, 0.3) is 21.9 Å². The monoisotopic (exact) mass is 533 g/mol. The fourth-order valence-electron chi connectivity index (χ4n) is 4.75. The van der Waals surface area contributed by atoms with Crippen molar-refractivity contribution in [2.24, 2.45) is 0 Å². The Hall–Kier alpha value is -2.17. The van der Waals surface area contributed by atoms with E-state index in [9.17, 15) is 32.7 Å². The molecule has 3 saturated heterocycles. The summed E-state index contributed by atoms with van der Waals surface area (Å²) in [6.45, 7) is 7.08. The molecular formula is C21H35N5O9S. The lowest BCUT2D eigenvalue weighted by Gasteiger charge is -2.29. The zero-order valence-corrected chi connectivity index (χ0v) is 21.1. The van der Waals surface area contributed by atoms with Gasteiger partial charge in [-0.1, -0.05) is 0 Å². The van der Waals surface area contributed by atoms with Crippen molar-refractivity contribution >= 4 is 33.9 Å². The van der Waals surface area contributed by atoms with Crippen molar-refractivity contribution in [1.29, 1.82) is 0 Å². The number of hydrogen-bond donors (Lipinski definition) is 2. The van der Waals surface area contributed by atoms with Crippen molar-refractivity contribution in [3.05, 3.63) is 0 Å². The highest BCUT2D eigenvalue weighted by molar-refractivity contribution is 7.87. The Labute approximate surface area is 210 Å². The van der Waals surface area contributed by atoms with Crippen molar-refractivity contribution in [1.82, 2.24) is 24.7 Å². The molecule has 3 heterocycles. The summed E-state index contributed by atoms with van der Waals surface area (Å²) >= 11 is 0. The maximum absolute atomic E-state index is 12.5. The molecule has 3 rings (SSSR count). The van der Waals surface area contributed by atoms with Crippen molar-refractivity contribution in [2.75, 3.05) is 78.5 Å². The Morgan fingerprint density at radius 1 is 0.806 bits per heavy atom. The number of imide groups is 1. The van der Waals surface area contributed by atoms with Crippen LogP contribution in [0.1, 0.15) is 25.7 Å². The highest BCUT2D eigenvalue weighted by Crippen LogP contribution is 2.20. The van der Waals surface area contributed by atoms with Crippen molar-refractivity contribution < 1.29 is 42.1 Å². The minimum Gasteiger partial charge on any atom is -0.480 e. The number of rotatable bonds is 6. The quantitative estimate of drug-likeness (QED) is 0.283. The molecular weight excluding hydrogens is 498 g/mol. The molecule has 3 fully saturated rings. The molecule has 3 aliphatic heterocycles. The molecule has 204 valence electrons. The largest absolute Gasteiger partial charge is 0.480 e. The number of amides is 2. The Morgan fingerprint density at radius 3 is 1.78 bits per heavy atom. The van der Waals surface area contributed by atoms with E-state index in [1.54, 1.807) is 0 Å². The third kappa shape index (κ3) is 8.45. The van der Waals surface area contributed by atoms with Crippen LogP contribution < -0.4 is 0 Å². The van der Waals surface area contributed by atoms with Crippen LogP contribution in [0, 0.1) is 0 Å². The predicted molar refractivity (Wildman–Crippen MR) is 125 cm³/mol. The summed E-state index contributed by atoms with van der Waals surface area (Å²) < 4.78 is 31.7. The van der Waals surface area contributed by atoms with Gasteiger partial charge in [-0.25, -0.2) is 4.79 Å². The summed E-state index contributed by atoms with van der Waals surface area (Å²) in [5.41, 5.74) is 0. The molecule has 0 radical (unpaired) electrons. The normalized spacial score (nSPS) is 28.0. The molecule has 15 heteroatoms. The molecule has 0 aromatic carbocycles. The van der Waals surface area contributed by atoms with Crippen LogP contribution >= 0.6 is 0 Å². The molecule has 3 unspecified atom stereocenters. The molecule has 0 aromatic rings. The summed E-state index contributed by atoms with van der Waals surface area (Å²) in [5.74, 6) is -3.97. The second kappa shape index (κ2) is 12.9. The summed E-state index contributed by atoms with van der Waals surface area (Å²) in [7, 11) is -4.78. The first kappa shape index (κ1) is 28.4. The first-order chi connectivity index (χ1) is 17.0. The van der Waals surface area contributed by atoms with Gasteiger partial charge in [0.05, 0.1) is 19.5 Å². The van der Waals surface area contributed by atoms with E-state index in [-0.39, 0.29) is 18.2 Å². The number of carbonyl (C=O) groups is 4. The second-order valence-electron chi connectivity index (χ2n) is 9.39. The van der Waals surface area contributed by atoms with Crippen molar-refractivity contribution in [3.63, 3.8) is 0 Å². The molecule has 0 aliphatic carbocycles. The Morgan fingerprint density at radius 2 is 1.31 bits per heavy atom. The Bertz CT molecular complexity index is 931. The SMILES string of the molecule is O=C(O)CN1CCCN2CCCN(CCCN(CC(=O)ON3C(=O)CC(S(=O)(=O)O)C3=O)CC2)CC1. The third-order valence-corrected chi connectivity index (χ3v) is 7.72. The van der Waals surface area contributed by atoms with Gasteiger partial charge >= 0.3 is 11.9 Å². The highest BCUT2D eigenvalue weighted by Gasteiger charge is 2.48. The lowest BCUT2D eigenvalue weighted by atomic mass is 10.3. The zero-order valence-electron chi connectivity index (χ0n) is 20.3. The molecule has 2 N–H and O–H groups in total. The van der Waals surface area contributed by atoms with E-state index in [0.717, 1.165) is 52.0 Å². The van der Waals surface area contributed by atoms with Crippen LogP contribution in [0.5, 0.6) is 0 Å². The number of hydrogen-bond acceptors (Lipinski definition) is 11. The van der Waals surface area contributed by atoms with E-state index < -0.39 is 45.5 Å². The van der Waals surface area contributed by atoms with Gasteiger partial charge in [-0.2, -0.15) is 8.42 Å². The van der Waals surface area contributed by atoms with Crippen molar-refractivity contribution in [3.8, 4) is 0 Å². The summed E-state index contributed by atoms with van der Waals surface area (Å²) in [6, 6.07) is 0. The average Bonchev–Trinajstić information content (AvgIpc) is 3.03. The van der Waals surface area contributed by atoms with Gasteiger partial charge in [-0.05, 0) is 45.4 Å². The Balaban J connectivity index is 1.60. The van der Waals surface area contributed by atoms with E-state index in [1.807, 2.05) is 9.80 Å². The van der Waals surface area contributed by atoms with E-state index in [2.05, 4.69) is 9.80 Å². The number of carboxylic acid groups (broad SMARTS) is 1. The van der Waals surface area contributed by atoms with Crippen LogP contribution in [0.2, 0.25) is 0 Å². The van der Waals surface area contributed by atoms with Gasteiger partial charge in [0, 0.05) is 39.3 Å². The molecule has 2 amide bonds. The van der Waals surface area contributed by atoms with Crippen LogP contribution in [0.3, 0.4) is 0 Å². The first-order valence-electron chi connectivity index (χ1n) is 12.2. The van der Waals surface area contributed by atoms with Crippen LogP contribution in [0.15, 0.2) is 0 Å². The number of carbonyl (C=O) groups excluding carboxylic acids is 3. The number of hydroxylamine groups is 2. The summed E-state index contributed by atoms with van der Waals surface area (Å²) in [5, 5.41) is 7.38. The fourth-order valence-corrected chi connectivity index (χ4v) is 5.45. The lowest BCUT2D eigenvalue weighted by molar-refractivity contribution is -0.198. The number of fused-ring (bicyclic) bond motifs is 4.